The second kappa shape index (κ2) is 4.88. The molecule has 1 unspecified atom stereocenters. The first-order valence-corrected chi connectivity index (χ1v) is 6.70. The smallest absolute Gasteiger partial charge is 0.0975 e. The SMILES string of the molecule is Cc1csc(C(CN)Cc2cccs2)n1. The summed E-state index contributed by atoms with van der Waals surface area (Å²) in [5, 5.41) is 5.37. The molecule has 0 aromatic carbocycles. The molecule has 0 saturated carbocycles. The molecule has 0 fully saturated rings. The third-order valence-electron chi connectivity index (χ3n) is 2.30. The quantitative estimate of drug-likeness (QED) is 0.889. The van der Waals surface area contributed by atoms with Gasteiger partial charge in [0, 0.05) is 28.4 Å². The van der Waals surface area contributed by atoms with Crippen molar-refractivity contribution in [3.63, 3.8) is 0 Å². The standard InChI is InChI=1S/C11H14N2S2/c1-8-7-15-11(13-8)9(6-12)5-10-3-2-4-14-10/h2-4,7,9H,5-6,12H2,1H3. The molecule has 0 radical (unpaired) electrons. The fourth-order valence-electron chi connectivity index (χ4n) is 1.50. The molecule has 2 heterocycles. The molecule has 0 saturated heterocycles. The molecule has 80 valence electrons. The Balaban J connectivity index is 2.11. The molecule has 2 aromatic heterocycles. The van der Waals surface area contributed by atoms with E-state index >= 15 is 0 Å². The maximum absolute atomic E-state index is 5.80. The Morgan fingerprint density at radius 3 is 2.87 bits per heavy atom. The molecule has 1 atom stereocenters. The van der Waals surface area contributed by atoms with E-state index in [0.717, 1.165) is 12.1 Å². The summed E-state index contributed by atoms with van der Waals surface area (Å²) in [5.74, 6) is 0.377. The average molecular weight is 238 g/mol. The number of nitrogens with two attached hydrogens (primary N) is 1. The number of aromatic nitrogens is 1. The van der Waals surface area contributed by atoms with Gasteiger partial charge in [0.15, 0.2) is 0 Å². The molecule has 0 aliphatic rings. The van der Waals surface area contributed by atoms with Gasteiger partial charge in [-0.25, -0.2) is 4.98 Å². The van der Waals surface area contributed by atoms with E-state index in [1.54, 1.807) is 22.7 Å². The van der Waals surface area contributed by atoms with E-state index in [9.17, 15) is 0 Å². The van der Waals surface area contributed by atoms with Crippen molar-refractivity contribution in [1.82, 2.24) is 4.98 Å². The highest BCUT2D eigenvalue weighted by Gasteiger charge is 2.14. The van der Waals surface area contributed by atoms with E-state index in [0.29, 0.717) is 12.5 Å². The topological polar surface area (TPSA) is 38.9 Å². The lowest BCUT2D eigenvalue weighted by atomic mass is 10.1. The molecule has 4 heteroatoms. The molecule has 0 aliphatic carbocycles. The molecule has 0 spiro atoms. The summed E-state index contributed by atoms with van der Waals surface area (Å²) in [7, 11) is 0. The van der Waals surface area contributed by atoms with Crippen molar-refractivity contribution in [2.24, 2.45) is 5.73 Å². The Hall–Kier alpha value is -0.710. The second-order valence-electron chi connectivity index (χ2n) is 3.54. The van der Waals surface area contributed by atoms with Crippen LogP contribution in [0.4, 0.5) is 0 Å². The van der Waals surface area contributed by atoms with Crippen molar-refractivity contribution in [2.45, 2.75) is 19.3 Å². The van der Waals surface area contributed by atoms with E-state index in [1.165, 1.54) is 9.88 Å². The normalized spacial score (nSPS) is 12.9. The highest BCUT2D eigenvalue weighted by Crippen LogP contribution is 2.25. The zero-order chi connectivity index (χ0) is 10.7. The fourth-order valence-corrected chi connectivity index (χ4v) is 3.20. The number of nitrogens with zero attached hydrogens (tertiary/aromatic N) is 1. The number of thiophene rings is 1. The van der Waals surface area contributed by atoms with Gasteiger partial charge in [0.2, 0.25) is 0 Å². The minimum Gasteiger partial charge on any atom is -0.330 e. The summed E-state index contributed by atoms with van der Waals surface area (Å²) >= 11 is 3.51. The third kappa shape index (κ3) is 2.65. The number of hydrogen-bond donors (Lipinski definition) is 1. The maximum Gasteiger partial charge on any atom is 0.0975 e. The largest absolute Gasteiger partial charge is 0.330 e. The predicted octanol–water partition coefficient (Wildman–Crippen LogP) is 2.80. The number of aryl methyl sites for hydroxylation is 1. The van der Waals surface area contributed by atoms with Crippen LogP contribution in [-0.2, 0) is 6.42 Å². The van der Waals surface area contributed by atoms with Gasteiger partial charge in [-0.1, -0.05) is 6.07 Å². The van der Waals surface area contributed by atoms with Crippen LogP contribution in [0.15, 0.2) is 22.9 Å². The zero-order valence-corrected chi connectivity index (χ0v) is 10.3. The molecule has 0 bridgehead atoms. The fraction of sp³-hybridized carbons (Fsp3) is 0.364. The molecule has 0 amide bonds. The van der Waals surface area contributed by atoms with Crippen LogP contribution in [0.3, 0.4) is 0 Å². The third-order valence-corrected chi connectivity index (χ3v) is 4.32. The summed E-state index contributed by atoms with van der Waals surface area (Å²) < 4.78 is 0. The summed E-state index contributed by atoms with van der Waals surface area (Å²) in [4.78, 5) is 5.89. The van der Waals surface area contributed by atoms with E-state index in [2.05, 4.69) is 27.9 Å². The summed E-state index contributed by atoms with van der Waals surface area (Å²) in [6, 6.07) is 4.24. The second-order valence-corrected chi connectivity index (χ2v) is 5.47. The van der Waals surface area contributed by atoms with Crippen LogP contribution < -0.4 is 5.73 Å². The highest BCUT2D eigenvalue weighted by atomic mass is 32.1. The highest BCUT2D eigenvalue weighted by molar-refractivity contribution is 7.10. The minimum absolute atomic E-state index is 0.377. The molecule has 2 aromatic rings. The maximum atomic E-state index is 5.80. The monoisotopic (exact) mass is 238 g/mol. The molecule has 2 rings (SSSR count). The van der Waals surface area contributed by atoms with E-state index < -0.39 is 0 Å². The van der Waals surface area contributed by atoms with Gasteiger partial charge < -0.3 is 5.73 Å². The van der Waals surface area contributed by atoms with Crippen molar-refractivity contribution < 1.29 is 0 Å². The Labute approximate surface area is 97.8 Å². The van der Waals surface area contributed by atoms with Crippen LogP contribution in [0.2, 0.25) is 0 Å². The molecular weight excluding hydrogens is 224 g/mol. The van der Waals surface area contributed by atoms with Crippen molar-refractivity contribution in [2.75, 3.05) is 6.54 Å². The van der Waals surface area contributed by atoms with Crippen LogP contribution >= 0.6 is 22.7 Å². The lowest BCUT2D eigenvalue weighted by Gasteiger charge is -2.09. The van der Waals surface area contributed by atoms with Crippen LogP contribution in [-0.4, -0.2) is 11.5 Å². The van der Waals surface area contributed by atoms with E-state index in [-0.39, 0.29) is 0 Å². The Morgan fingerprint density at radius 2 is 2.33 bits per heavy atom. The van der Waals surface area contributed by atoms with Crippen LogP contribution in [0.25, 0.3) is 0 Å². The van der Waals surface area contributed by atoms with E-state index in [4.69, 9.17) is 5.73 Å². The van der Waals surface area contributed by atoms with Gasteiger partial charge in [-0.3, -0.25) is 0 Å². The summed E-state index contributed by atoms with van der Waals surface area (Å²) in [6.07, 6.45) is 1.01. The van der Waals surface area contributed by atoms with Crippen molar-refractivity contribution in [3.05, 3.63) is 38.5 Å². The molecule has 0 aliphatic heterocycles. The first-order chi connectivity index (χ1) is 7.29. The van der Waals surface area contributed by atoms with Crippen molar-refractivity contribution in [1.29, 1.82) is 0 Å². The van der Waals surface area contributed by atoms with Gasteiger partial charge in [-0.2, -0.15) is 0 Å². The Morgan fingerprint density at radius 1 is 1.47 bits per heavy atom. The van der Waals surface area contributed by atoms with Gasteiger partial charge in [0.05, 0.1) is 5.01 Å². The van der Waals surface area contributed by atoms with Gasteiger partial charge in [0.1, 0.15) is 0 Å². The van der Waals surface area contributed by atoms with E-state index in [1.807, 2.05) is 6.92 Å². The lowest BCUT2D eigenvalue weighted by molar-refractivity contribution is 0.693. The van der Waals surface area contributed by atoms with Crippen molar-refractivity contribution in [3.8, 4) is 0 Å². The molecule has 2 nitrogen and oxygen atoms in total. The summed E-state index contributed by atoms with van der Waals surface area (Å²) in [6.45, 7) is 2.70. The Kier molecular flexibility index (Phi) is 3.51. The van der Waals surface area contributed by atoms with Crippen LogP contribution in [0.5, 0.6) is 0 Å². The minimum atomic E-state index is 0.377. The predicted molar refractivity (Wildman–Crippen MR) is 66.7 cm³/mol. The molecule has 2 N–H and O–H groups in total. The number of hydrogen-bond acceptors (Lipinski definition) is 4. The first kappa shape index (κ1) is 10.8. The van der Waals surface area contributed by atoms with Crippen molar-refractivity contribution >= 4 is 22.7 Å². The first-order valence-electron chi connectivity index (χ1n) is 4.94. The van der Waals surface area contributed by atoms with Gasteiger partial charge in [-0.05, 0) is 24.8 Å². The number of thiazole rings is 1. The van der Waals surface area contributed by atoms with Crippen LogP contribution in [0, 0.1) is 6.92 Å². The van der Waals surface area contributed by atoms with Gasteiger partial charge in [0.25, 0.3) is 0 Å². The Bertz CT molecular complexity index is 406. The molecule has 15 heavy (non-hydrogen) atoms. The summed E-state index contributed by atoms with van der Waals surface area (Å²) in [5.41, 5.74) is 6.90. The van der Waals surface area contributed by atoms with Gasteiger partial charge >= 0.3 is 0 Å². The lowest BCUT2D eigenvalue weighted by Crippen LogP contribution is -2.14. The number of rotatable bonds is 4. The van der Waals surface area contributed by atoms with Crippen LogP contribution in [0.1, 0.15) is 21.5 Å². The van der Waals surface area contributed by atoms with Gasteiger partial charge in [-0.15, -0.1) is 22.7 Å². The molecular formula is C11H14N2S2. The average Bonchev–Trinajstić information content (AvgIpc) is 2.85. The zero-order valence-electron chi connectivity index (χ0n) is 8.64.